The predicted octanol–water partition coefficient (Wildman–Crippen LogP) is 2.66. The van der Waals surface area contributed by atoms with Crippen LogP contribution in [0.25, 0.3) is 6.08 Å². The SMILES string of the molecule is Cc1cc(NC(=O)CN2C(=O)S/C(=C/c3ccccc3)C2=O)no1. The maximum Gasteiger partial charge on any atom is 0.294 e. The van der Waals surface area contributed by atoms with Gasteiger partial charge in [-0.05, 0) is 30.3 Å². The van der Waals surface area contributed by atoms with Crippen molar-refractivity contribution in [1.82, 2.24) is 10.1 Å². The minimum absolute atomic E-state index is 0.240. The number of carbonyl (C=O) groups is 3. The third-order valence-corrected chi connectivity index (χ3v) is 4.08. The first-order valence-electron chi connectivity index (χ1n) is 7.06. The van der Waals surface area contributed by atoms with Gasteiger partial charge in [-0.25, -0.2) is 0 Å². The molecule has 0 atom stereocenters. The van der Waals surface area contributed by atoms with Crippen LogP contribution in [0.5, 0.6) is 0 Å². The van der Waals surface area contributed by atoms with Gasteiger partial charge in [0.05, 0.1) is 4.91 Å². The lowest BCUT2D eigenvalue weighted by Crippen LogP contribution is -2.36. The summed E-state index contributed by atoms with van der Waals surface area (Å²) < 4.78 is 4.84. The van der Waals surface area contributed by atoms with Crippen LogP contribution >= 0.6 is 11.8 Å². The zero-order valence-electron chi connectivity index (χ0n) is 12.7. The Kier molecular flexibility index (Phi) is 4.48. The van der Waals surface area contributed by atoms with Gasteiger partial charge in [-0.15, -0.1) is 0 Å². The molecule has 0 bridgehead atoms. The molecule has 3 amide bonds. The quantitative estimate of drug-likeness (QED) is 0.858. The van der Waals surface area contributed by atoms with Crippen molar-refractivity contribution in [2.45, 2.75) is 6.92 Å². The zero-order chi connectivity index (χ0) is 17.1. The van der Waals surface area contributed by atoms with Gasteiger partial charge in [-0.1, -0.05) is 35.5 Å². The number of nitrogens with one attached hydrogen (secondary N) is 1. The van der Waals surface area contributed by atoms with Crippen LogP contribution in [0, 0.1) is 6.92 Å². The van der Waals surface area contributed by atoms with Crippen LogP contribution in [-0.2, 0) is 9.59 Å². The first-order valence-corrected chi connectivity index (χ1v) is 7.88. The number of aryl methyl sites for hydroxylation is 1. The molecule has 1 aromatic carbocycles. The lowest BCUT2D eigenvalue weighted by molar-refractivity contribution is -0.127. The minimum atomic E-state index is -0.522. The van der Waals surface area contributed by atoms with E-state index in [4.69, 9.17) is 4.52 Å². The topological polar surface area (TPSA) is 92.5 Å². The summed E-state index contributed by atoms with van der Waals surface area (Å²) in [4.78, 5) is 37.5. The normalized spacial score (nSPS) is 16.0. The van der Waals surface area contributed by atoms with Crippen molar-refractivity contribution in [3.8, 4) is 0 Å². The Hall–Kier alpha value is -2.87. The van der Waals surface area contributed by atoms with Crippen LogP contribution in [0.4, 0.5) is 10.6 Å². The van der Waals surface area contributed by atoms with Crippen LogP contribution in [0.2, 0.25) is 0 Å². The number of hydrogen-bond donors (Lipinski definition) is 1. The third kappa shape index (κ3) is 3.54. The molecule has 8 heteroatoms. The molecule has 1 aromatic heterocycles. The Labute approximate surface area is 141 Å². The number of nitrogens with zero attached hydrogens (tertiary/aromatic N) is 2. The molecular formula is C16H13N3O4S. The Bertz CT molecular complexity index is 829. The van der Waals surface area contributed by atoms with E-state index in [1.54, 1.807) is 19.1 Å². The third-order valence-electron chi connectivity index (χ3n) is 3.17. The van der Waals surface area contributed by atoms with Gasteiger partial charge in [0.1, 0.15) is 12.3 Å². The van der Waals surface area contributed by atoms with Gasteiger partial charge in [0.2, 0.25) is 5.91 Å². The summed E-state index contributed by atoms with van der Waals surface area (Å²) in [6, 6.07) is 10.7. The molecule has 2 aromatic rings. The van der Waals surface area contributed by atoms with E-state index >= 15 is 0 Å². The molecule has 0 radical (unpaired) electrons. The molecule has 0 spiro atoms. The molecular weight excluding hydrogens is 330 g/mol. The number of benzene rings is 1. The van der Waals surface area contributed by atoms with Gasteiger partial charge in [0.25, 0.3) is 11.1 Å². The Morgan fingerprint density at radius 2 is 2.08 bits per heavy atom. The second kappa shape index (κ2) is 6.71. The highest BCUT2D eigenvalue weighted by Crippen LogP contribution is 2.31. The highest BCUT2D eigenvalue weighted by molar-refractivity contribution is 8.18. The number of carbonyl (C=O) groups excluding carboxylic acids is 3. The van der Waals surface area contributed by atoms with E-state index in [2.05, 4.69) is 10.5 Å². The van der Waals surface area contributed by atoms with Crippen molar-refractivity contribution in [2.75, 3.05) is 11.9 Å². The number of hydrogen-bond acceptors (Lipinski definition) is 6. The average Bonchev–Trinajstić information content (AvgIpc) is 3.07. The molecule has 7 nitrogen and oxygen atoms in total. The largest absolute Gasteiger partial charge is 0.360 e. The van der Waals surface area contributed by atoms with Gasteiger partial charge in [-0.3, -0.25) is 19.3 Å². The summed E-state index contributed by atoms with van der Waals surface area (Å²) in [6.45, 7) is 1.32. The highest BCUT2D eigenvalue weighted by atomic mass is 32.2. The number of anilines is 1. The lowest BCUT2D eigenvalue weighted by atomic mass is 10.2. The summed E-state index contributed by atoms with van der Waals surface area (Å²) in [5, 5.41) is 5.63. The first-order chi connectivity index (χ1) is 11.5. The van der Waals surface area contributed by atoms with Gasteiger partial charge in [0, 0.05) is 6.07 Å². The van der Waals surface area contributed by atoms with Crippen LogP contribution < -0.4 is 5.32 Å². The molecule has 1 fully saturated rings. The number of amides is 3. The summed E-state index contributed by atoms with van der Waals surface area (Å²) in [6.07, 6.45) is 1.63. The smallest absolute Gasteiger partial charge is 0.294 e. The summed E-state index contributed by atoms with van der Waals surface area (Å²) >= 11 is 0.813. The van der Waals surface area contributed by atoms with Gasteiger partial charge in [0.15, 0.2) is 5.82 Å². The van der Waals surface area contributed by atoms with Gasteiger partial charge < -0.3 is 9.84 Å². The molecule has 1 aliphatic heterocycles. The monoisotopic (exact) mass is 343 g/mol. The molecule has 0 aliphatic carbocycles. The average molecular weight is 343 g/mol. The molecule has 0 unspecified atom stereocenters. The fourth-order valence-electron chi connectivity index (χ4n) is 2.09. The number of rotatable bonds is 4. The van der Waals surface area contributed by atoms with Gasteiger partial charge in [-0.2, -0.15) is 0 Å². The van der Waals surface area contributed by atoms with Crippen molar-refractivity contribution in [3.63, 3.8) is 0 Å². The second-order valence-electron chi connectivity index (χ2n) is 5.05. The Morgan fingerprint density at radius 1 is 1.33 bits per heavy atom. The maximum absolute atomic E-state index is 12.3. The molecule has 1 aliphatic rings. The summed E-state index contributed by atoms with van der Waals surface area (Å²) in [7, 11) is 0. The zero-order valence-corrected chi connectivity index (χ0v) is 13.5. The number of aromatic nitrogens is 1. The predicted molar refractivity (Wildman–Crippen MR) is 89.0 cm³/mol. The van der Waals surface area contributed by atoms with Crippen LogP contribution in [0.3, 0.4) is 0 Å². The second-order valence-corrected chi connectivity index (χ2v) is 6.04. The van der Waals surface area contributed by atoms with E-state index in [-0.39, 0.29) is 17.3 Å². The van der Waals surface area contributed by atoms with E-state index < -0.39 is 17.1 Å². The number of imide groups is 1. The maximum atomic E-state index is 12.3. The fourth-order valence-corrected chi connectivity index (χ4v) is 2.93. The Morgan fingerprint density at radius 3 is 2.75 bits per heavy atom. The van der Waals surface area contributed by atoms with Crippen LogP contribution in [0.1, 0.15) is 11.3 Å². The first kappa shape index (κ1) is 16.0. The molecule has 1 saturated heterocycles. The van der Waals surface area contributed by atoms with Crippen molar-refractivity contribution in [2.24, 2.45) is 0 Å². The molecule has 3 rings (SSSR count). The summed E-state index contributed by atoms with van der Waals surface area (Å²) in [5.74, 6) is -0.224. The molecule has 0 saturated carbocycles. The van der Waals surface area contributed by atoms with E-state index in [1.807, 2.05) is 30.3 Å². The van der Waals surface area contributed by atoms with E-state index in [0.29, 0.717) is 5.76 Å². The van der Waals surface area contributed by atoms with E-state index in [1.165, 1.54) is 0 Å². The highest BCUT2D eigenvalue weighted by Gasteiger charge is 2.36. The molecule has 24 heavy (non-hydrogen) atoms. The fraction of sp³-hybridized carbons (Fsp3) is 0.125. The lowest BCUT2D eigenvalue weighted by Gasteiger charge is -2.11. The Balaban J connectivity index is 1.68. The summed E-state index contributed by atoms with van der Waals surface area (Å²) in [5.41, 5.74) is 0.811. The van der Waals surface area contributed by atoms with Gasteiger partial charge >= 0.3 is 0 Å². The van der Waals surface area contributed by atoms with E-state index in [0.717, 1.165) is 22.2 Å². The van der Waals surface area contributed by atoms with Crippen molar-refractivity contribution >= 4 is 40.7 Å². The minimum Gasteiger partial charge on any atom is -0.360 e. The standard InChI is InChI=1S/C16H13N3O4S/c1-10-7-13(18-23-10)17-14(20)9-19-15(21)12(24-16(19)22)8-11-5-3-2-4-6-11/h2-8H,9H2,1H3,(H,17,18,20)/b12-8+. The number of thioether (sulfide) groups is 1. The van der Waals surface area contributed by atoms with Crippen molar-refractivity contribution in [3.05, 3.63) is 52.6 Å². The van der Waals surface area contributed by atoms with E-state index in [9.17, 15) is 14.4 Å². The van der Waals surface area contributed by atoms with Crippen molar-refractivity contribution in [1.29, 1.82) is 0 Å². The van der Waals surface area contributed by atoms with Crippen LogP contribution in [-0.4, -0.2) is 33.7 Å². The van der Waals surface area contributed by atoms with Crippen molar-refractivity contribution < 1.29 is 18.9 Å². The molecule has 122 valence electrons. The molecule has 2 heterocycles. The molecule has 1 N–H and O–H groups in total. The van der Waals surface area contributed by atoms with Crippen LogP contribution in [0.15, 0.2) is 45.8 Å².